The SMILES string of the molecule is CCn1c(Cl)nc2c(nc(C)n2Cc2ccccc2)c1=O. The number of nitrogens with zero attached hydrogens (tertiary/aromatic N) is 4. The quantitative estimate of drug-likeness (QED) is 0.699. The van der Waals surface area contributed by atoms with Crippen LogP contribution in [-0.2, 0) is 13.1 Å². The first-order valence-electron chi connectivity index (χ1n) is 6.79. The molecule has 0 saturated carbocycles. The van der Waals surface area contributed by atoms with Crippen molar-refractivity contribution < 1.29 is 0 Å². The number of benzene rings is 1. The average molecular weight is 303 g/mol. The summed E-state index contributed by atoms with van der Waals surface area (Å²) < 4.78 is 3.33. The van der Waals surface area contributed by atoms with Crippen LogP contribution in [0.5, 0.6) is 0 Å². The second kappa shape index (κ2) is 5.33. The van der Waals surface area contributed by atoms with Crippen LogP contribution in [0.15, 0.2) is 35.1 Å². The third-order valence-electron chi connectivity index (χ3n) is 3.50. The lowest BCUT2D eigenvalue weighted by atomic mass is 10.2. The fourth-order valence-corrected chi connectivity index (χ4v) is 2.68. The van der Waals surface area contributed by atoms with Crippen LogP contribution in [0.1, 0.15) is 18.3 Å². The average Bonchev–Trinajstić information content (AvgIpc) is 2.78. The van der Waals surface area contributed by atoms with Crippen molar-refractivity contribution >= 4 is 22.8 Å². The van der Waals surface area contributed by atoms with E-state index < -0.39 is 0 Å². The molecule has 3 aromatic rings. The fourth-order valence-electron chi connectivity index (χ4n) is 2.40. The molecule has 0 amide bonds. The van der Waals surface area contributed by atoms with Gasteiger partial charge in [-0.1, -0.05) is 30.3 Å². The van der Waals surface area contributed by atoms with Crippen LogP contribution >= 0.6 is 11.6 Å². The van der Waals surface area contributed by atoms with Gasteiger partial charge in [-0.3, -0.25) is 9.36 Å². The van der Waals surface area contributed by atoms with Crippen molar-refractivity contribution in [2.75, 3.05) is 0 Å². The molecule has 3 rings (SSSR count). The third-order valence-corrected chi connectivity index (χ3v) is 3.79. The molecule has 2 aromatic heterocycles. The Labute approximate surface area is 126 Å². The van der Waals surface area contributed by atoms with E-state index in [2.05, 4.69) is 9.97 Å². The molecule has 2 heterocycles. The van der Waals surface area contributed by atoms with Gasteiger partial charge in [-0.15, -0.1) is 0 Å². The summed E-state index contributed by atoms with van der Waals surface area (Å²) >= 11 is 6.10. The Bertz CT molecular complexity index is 851. The number of fused-ring (bicyclic) bond motifs is 1. The number of rotatable bonds is 3. The van der Waals surface area contributed by atoms with E-state index in [1.807, 2.05) is 48.7 Å². The smallest absolute Gasteiger partial charge is 0.282 e. The first kappa shape index (κ1) is 13.8. The van der Waals surface area contributed by atoms with Crippen LogP contribution in [0, 0.1) is 6.92 Å². The molecule has 0 aliphatic heterocycles. The standard InChI is InChI=1S/C15H15ClN4O/c1-3-19-14(21)12-13(18-15(19)16)20(10(2)17-12)9-11-7-5-4-6-8-11/h4-8H,3,9H2,1-2H3. The zero-order valence-electron chi connectivity index (χ0n) is 11.9. The molecule has 0 N–H and O–H groups in total. The maximum atomic E-state index is 12.4. The van der Waals surface area contributed by atoms with Crippen LogP contribution in [0.3, 0.4) is 0 Å². The highest BCUT2D eigenvalue weighted by Gasteiger charge is 2.16. The molecule has 0 bridgehead atoms. The van der Waals surface area contributed by atoms with Gasteiger partial charge >= 0.3 is 0 Å². The molecule has 0 aliphatic rings. The van der Waals surface area contributed by atoms with Crippen molar-refractivity contribution in [2.45, 2.75) is 26.9 Å². The lowest BCUT2D eigenvalue weighted by Gasteiger charge is -2.08. The Morgan fingerprint density at radius 1 is 1.14 bits per heavy atom. The Hall–Kier alpha value is -2.14. The van der Waals surface area contributed by atoms with E-state index in [1.54, 1.807) is 0 Å². The van der Waals surface area contributed by atoms with Gasteiger partial charge in [-0.05, 0) is 31.0 Å². The van der Waals surface area contributed by atoms with Crippen LogP contribution in [0.2, 0.25) is 5.28 Å². The predicted molar refractivity (Wildman–Crippen MR) is 82.8 cm³/mol. The summed E-state index contributed by atoms with van der Waals surface area (Å²) in [5, 5.41) is 0.198. The van der Waals surface area contributed by atoms with E-state index in [9.17, 15) is 4.79 Å². The molecule has 1 aromatic carbocycles. The largest absolute Gasteiger partial charge is 0.308 e. The Kier molecular flexibility index (Phi) is 3.51. The van der Waals surface area contributed by atoms with Gasteiger partial charge in [0, 0.05) is 6.54 Å². The molecule has 21 heavy (non-hydrogen) atoms. The highest BCUT2D eigenvalue weighted by atomic mass is 35.5. The zero-order valence-corrected chi connectivity index (χ0v) is 12.6. The van der Waals surface area contributed by atoms with Crippen LogP contribution in [0.25, 0.3) is 11.2 Å². The van der Waals surface area contributed by atoms with Crippen molar-refractivity contribution in [1.29, 1.82) is 0 Å². The number of hydrogen-bond donors (Lipinski definition) is 0. The van der Waals surface area contributed by atoms with Crippen LogP contribution in [0.4, 0.5) is 0 Å². The number of hydrogen-bond acceptors (Lipinski definition) is 3. The third kappa shape index (κ3) is 2.34. The van der Waals surface area contributed by atoms with Crippen molar-refractivity contribution in [2.24, 2.45) is 0 Å². The van der Waals surface area contributed by atoms with E-state index in [0.29, 0.717) is 24.3 Å². The topological polar surface area (TPSA) is 52.7 Å². The molecule has 6 heteroatoms. The van der Waals surface area contributed by atoms with Gasteiger partial charge in [0.1, 0.15) is 5.82 Å². The first-order valence-corrected chi connectivity index (χ1v) is 7.16. The predicted octanol–water partition coefficient (Wildman–Crippen LogP) is 2.62. The summed E-state index contributed by atoms with van der Waals surface area (Å²) in [6, 6.07) is 9.99. The van der Waals surface area contributed by atoms with Gasteiger partial charge in [0.05, 0.1) is 6.54 Å². The highest BCUT2D eigenvalue weighted by molar-refractivity contribution is 6.28. The molecule has 0 spiro atoms. The summed E-state index contributed by atoms with van der Waals surface area (Å²) in [4.78, 5) is 21.1. The van der Waals surface area contributed by atoms with Crippen molar-refractivity contribution in [1.82, 2.24) is 19.1 Å². The summed E-state index contributed by atoms with van der Waals surface area (Å²) in [6.45, 7) is 4.82. The number of halogens is 1. The maximum absolute atomic E-state index is 12.4. The van der Waals surface area contributed by atoms with Gasteiger partial charge in [-0.25, -0.2) is 4.98 Å². The fraction of sp³-hybridized carbons (Fsp3) is 0.267. The van der Waals surface area contributed by atoms with E-state index >= 15 is 0 Å². The van der Waals surface area contributed by atoms with E-state index in [-0.39, 0.29) is 10.8 Å². The van der Waals surface area contributed by atoms with E-state index in [4.69, 9.17) is 11.6 Å². The van der Waals surface area contributed by atoms with Crippen LogP contribution < -0.4 is 5.56 Å². The summed E-state index contributed by atoms with van der Waals surface area (Å²) in [5.41, 5.74) is 1.84. The lowest BCUT2D eigenvalue weighted by Crippen LogP contribution is -2.21. The van der Waals surface area contributed by atoms with Gasteiger partial charge in [0.2, 0.25) is 5.28 Å². The first-order chi connectivity index (χ1) is 10.1. The monoisotopic (exact) mass is 302 g/mol. The Balaban J connectivity index is 2.20. The summed E-state index contributed by atoms with van der Waals surface area (Å²) in [5.74, 6) is 0.753. The minimum absolute atomic E-state index is 0.192. The molecule has 0 aliphatic carbocycles. The molecular weight excluding hydrogens is 288 g/mol. The van der Waals surface area contributed by atoms with Crippen molar-refractivity contribution in [3.05, 3.63) is 57.4 Å². The minimum atomic E-state index is -0.192. The molecule has 5 nitrogen and oxygen atoms in total. The molecule has 0 unspecified atom stereocenters. The van der Waals surface area contributed by atoms with Gasteiger partial charge in [0.25, 0.3) is 5.56 Å². The van der Waals surface area contributed by atoms with Gasteiger partial charge < -0.3 is 4.57 Å². The van der Waals surface area contributed by atoms with Crippen LogP contribution in [-0.4, -0.2) is 19.1 Å². The van der Waals surface area contributed by atoms with Crippen molar-refractivity contribution in [3.63, 3.8) is 0 Å². The highest BCUT2D eigenvalue weighted by Crippen LogP contribution is 2.15. The molecule has 0 radical (unpaired) electrons. The molecule has 0 atom stereocenters. The lowest BCUT2D eigenvalue weighted by molar-refractivity contribution is 0.712. The molecular formula is C15H15ClN4O. The second-order valence-electron chi connectivity index (χ2n) is 4.83. The summed E-state index contributed by atoms with van der Waals surface area (Å²) in [6.07, 6.45) is 0. The molecule has 108 valence electrons. The normalized spacial score (nSPS) is 11.2. The number of aryl methyl sites for hydroxylation is 1. The zero-order chi connectivity index (χ0) is 15.0. The Morgan fingerprint density at radius 3 is 2.52 bits per heavy atom. The maximum Gasteiger partial charge on any atom is 0.282 e. The van der Waals surface area contributed by atoms with E-state index in [0.717, 1.165) is 11.4 Å². The summed E-state index contributed by atoms with van der Waals surface area (Å²) in [7, 11) is 0. The molecule has 0 saturated heterocycles. The van der Waals surface area contributed by atoms with Crippen molar-refractivity contribution in [3.8, 4) is 0 Å². The molecule has 0 fully saturated rings. The van der Waals surface area contributed by atoms with Gasteiger partial charge in [-0.2, -0.15) is 4.98 Å². The van der Waals surface area contributed by atoms with E-state index in [1.165, 1.54) is 4.57 Å². The second-order valence-corrected chi connectivity index (χ2v) is 5.17. The van der Waals surface area contributed by atoms with Gasteiger partial charge in [0.15, 0.2) is 11.2 Å². The number of imidazole rings is 1. The minimum Gasteiger partial charge on any atom is -0.308 e. The number of aromatic nitrogens is 4. The Morgan fingerprint density at radius 2 is 1.86 bits per heavy atom.